The zero-order valence-electron chi connectivity index (χ0n) is 17.2. The second-order valence-corrected chi connectivity index (χ2v) is 7.57. The van der Waals surface area contributed by atoms with Gasteiger partial charge in [0.15, 0.2) is 0 Å². The Morgan fingerprint density at radius 1 is 1.33 bits per heavy atom. The molecule has 0 bridgehead atoms. The first-order valence-corrected chi connectivity index (χ1v) is 10.5. The highest BCUT2D eigenvalue weighted by Gasteiger charge is 2.32. The summed E-state index contributed by atoms with van der Waals surface area (Å²) in [6.45, 7) is 2.10. The van der Waals surface area contributed by atoms with Crippen molar-refractivity contribution in [2.75, 3.05) is 19.7 Å². The van der Waals surface area contributed by atoms with E-state index in [1.54, 1.807) is 6.92 Å². The Morgan fingerprint density at radius 2 is 2.13 bits per heavy atom. The van der Waals surface area contributed by atoms with E-state index in [2.05, 4.69) is 10.3 Å². The minimum atomic E-state index is -1.04. The molecule has 1 aliphatic rings. The van der Waals surface area contributed by atoms with Gasteiger partial charge in [0.25, 0.3) is 0 Å². The molecule has 1 amide bonds. The summed E-state index contributed by atoms with van der Waals surface area (Å²) < 4.78 is 5.23. The van der Waals surface area contributed by atoms with Crippen molar-refractivity contribution < 1.29 is 24.2 Å². The quantitative estimate of drug-likeness (QED) is 0.541. The lowest BCUT2D eigenvalue weighted by Gasteiger charge is -2.26. The smallest absolute Gasteiger partial charge is 0.323 e. The normalized spacial score (nSPS) is 18.2. The van der Waals surface area contributed by atoms with Crippen molar-refractivity contribution in [3.63, 3.8) is 0 Å². The molecule has 2 heterocycles. The van der Waals surface area contributed by atoms with E-state index in [-0.39, 0.29) is 25.0 Å². The Morgan fingerprint density at radius 3 is 2.90 bits per heavy atom. The topological polar surface area (TPSA) is 112 Å². The van der Waals surface area contributed by atoms with Gasteiger partial charge in [0, 0.05) is 23.6 Å². The number of carboxylic acids is 1. The molecule has 0 saturated carbocycles. The highest BCUT2D eigenvalue weighted by Crippen LogP contribution is 2.20. The fourth-order valence-electron chi connectivity index (χ4n) is 3.97. The number of carboxylic acid groups (broad SMARTS) is 1. The predicted molar refractivity (Wildman–Crippen MR) is 112 cm³/mol. The lowest BCUT2D eigenvalue weighted by molar-refractivity contribution is -0.148. The number of H-pyrrole nitrogens is 1. The Hall–Kier alpha value is -2.87. The van der Waals surface area contributed by atoms with Gasteiger partial charge in [-0.25, -0.2) is 0 Å². The van der Waals surface area contributed by atoms with E-state index >= 15 is 0 Å². The maximum Gasteiger partial charge on any atom is 0.323 e. The lowest BCUT2D eigenvalue weighted by Crippen LogP contribution is -2.52. The molecule has 2 atom stereocenters. The molecule has 2 aromatic rings. The third kappa shape index (κ3) is 5.38. The van der Waals surface area contributed by atoms with Crippen LogP contribution >= 0.6 is 0 Å². The Labute approximate surface area is 175 Å². The number of amides is 1. The van der Waals surface area contributed by atoms with Gasteiger partial charge in [-0.15, -0.1) is 0 Å². The Kier molecular flexibility index (Phi) is 7.46. The molecule has 1 aliphatic heterocycles. The molecule has 0 spiro atoms. The summed E-state index contributed by atoms with van der Waals surface area (Å²) >= 11 is 0. The number of nitrogens with zero attached hydrogens (tertiary/aromatic N) is 1. The number of esters is 1. The maximum absolute atomic E-state index is 12.8. The van der Waals surface area contributed by atoms with E-state index in [4.69, 9.17) is 9.84 Å². The fraction of sp³-hybridized carbons (Fsp3) is 0.500. The van der Waals surface area contributed by atoms with Gasteiger partial charge in [-0.05, 0) is 50.7 Å². The van der Waals surface area contributed by atoms with Gasteiger partial charge in [0.1, 0.15) is 12.6 Å². The molecular weight excluding hydrogens is 386 g/mol. The maximum atomic E-state index is 12.8. The third-order valence-corrected chi connectivity index (χ3v) is 5.46. The van der Waals surface area contributed by atoms with E-state index in [1.807, 2.05) is 30.5 Å². The average molecular weight is 415 g/mol. The zero-order valence-corrected chi connectivity index (χ0v) is 17.2. The van der Waals surface area contributed by atoms with Crippen LogP contribution in [0.4, 0.5) is 0 Å². The second-order valence-electron chi connectivity index (χ2n) is 7.57. The lowest BCUT2D eigenvalue weighted by atomic mass is 10.0. The number of nitrogens with one attached hydrogen (secondary N) is 2. The highest BCUT2D eigenvalue weighted by molar-refractivity contribution is 5.87. The molecule has 162 valence electrons. The van der Waals surface area contributed by atoms with Gasteiger partial charge in [0.2, 0.25) is 5.91 Å². The molecule has 8 nitrogen and oxygen atoms in total. The number of hydrogen-bond donors (Lipinski definition) is 3. The van der Waals surface area contributed by atoms with Crippen molar-refractivity contribution in [3.8, 4) is 0 Å². The number of aromatic nitrogens is 1. The number of aliphatic carboxylic acids is 1. The van der Waals surface area contributed by atoms with Crippen molar-refractivity contribution in [1.29, 1.82) is 0 Å². The summed E-state index contributed by atoms with van der Waals surface area (Å²) in [5.41, 5.74) is 2.14. The van der Waals surface area contributed by atoms with E-state index in [0.717, 1.165) is 29.3 Å². The van der Waals surface area contributed by atoms with Crippen LogP contribution in [-0.4, -0.2) is 64.6 Å². The van der Waals surface area contributed by atoms with E-state index in [0.29, 0.717) is 25.8 Å². The summed E-state index contributed by atoms with van der Waals surface area (Å²) in [6, 6.07) is 6.74. The van der Waals surface area contributed by atoms with Crippen molar-refractivity contribution >= 4 is 28.7 Å². The van der Waals surface area contributed by atoms with Gasteiger partial charge in [-0.2, -0.15) is 0 Å². The molecule has 0 aliphatic carbocycles. The molecule has 30 heavy (non-hydrogen) atoms. The predicted octanol–water partition coefficient (Wildman–Crippen LogP) is 2.09. The molecule has 1 aromatic carbocycles. The highest BCUT2D eigenvalue weighted by atomic mass is 16.5. The van der Waals surface area contributed by atoms with E-state index < -0.39 is 18.1 Å². The Balaban J connectivity index is 1.72. The van der Waals surface area contributed by atoms with Gasteiger partial charge < -0.3 is 19.7 Å². The van der Waals surface area contributed by atoms with Gasteiger partial charge in [-0.3, -0.25) is 19.7 Å². The van der Waals surface area contributed by atoms with Crippen molar-refractivity contribution in [1.82, 2.24) is 15.2 Å². The van der Waals surface area contributed by atoms with Crippen LogP contribution in [-0.2, 0) is 25.5 Å². The van der Waals surface area contributed by atoms with Crippen LogP contribution in [0.25, 0.3) is 10.9 Å². The second kappa shape index (κ2) is 10.2. The number of fused-ring (bicyclic) bond motifs is 1. The van der Waals surface area contributed by atoms with Crippen LogP contribution in [0.1, 0.15) is 38.2 Å². The number of carbonyl (C=O) groups is 3. The number of likely N-dealkylation sites (tertiary alicyclic amines) is 1. The van der Waals surface area contributed by atoms with Crippen molar-refractivity contribution in [3.05, 3.63) is 36.0 Å². The van der Waals surface area contributed by atoms with Crippen LogP contribution in [0.2, 0.25) is 0 Å². The first-order chi connectivity index (χ1) is 14.5. The summed E-state index contributed by atoms with van der Waals surface area (Å²) in [5.74, 6) is -1.69. The summed E-state index contributed by atoms with van der Waals surface area (Å²) in [5, 5.41) is 13.4. The molecule has 1 aromatic heterocycles. The van der Waals surface area contributed by atoms with Crippen molar-refractivity contribution in [2.24, 2.45) is 0 Å². The summed E-state index contributed by atoms with van der Waals surface area (Å²) in [7, 11) is 0. The number of hydrogen-bond acceptors (Lipinski definition) is 5. The van der Waals surface area contributed by atoms with Crippen LogP contribution in [0.5, 0.6) is 0 Å². The largest absolute Gasteiger partial charge is 0.480 e. The van der Waals surface area contributed by atoms with Crippen molar-refractivity contribution in [2.45, 2.75) is 51.1 Å². The van der Waals surface area contributed by atoms with Crippen LogP contribution in [0, 0.1) is 0 Å². The molecule has 1 fully saturated rings. The molecule has 1 unspecified atom stereocenters. The number of aromatic amines is 1. The molecule has 3 N–H and O–H groups in total. The van der Waals surface area contributed by atoms with Crippen LogP contribution in [0.15, 0.2) is 30.5 Å². The van der Waals surface area contributed by atoms with E-state index in [9.17, 15) is 14.4 Å². The first-order valence-electron chi connectivity index (χ1n) is 10.5. The summed E-state index contributed by atoms with van der Waals surface area (Å²) in [4.78, 5) is 41.1. The number of rotatable bonds is 9. The SMILES string of the molecule is CCOC(=O)C(CCc1c[nH]c2ccccc12)N[C@H]1CCCCN(CC(=O)O)C1=O. The number of para-hydroxylation sites is 1. The fourth-order valence-corrected chi connectivity index (χ4v) is 3.97. The number of carbonyl (C=O) groups excluding carboxylic acids is 2. The summed E-state index contributed by atoms with van der Waals surface area (Å²) in [6.07, 6.45) is 5.16. The molecule has 8 heteroatoms. The molecular formula is C22H29N3O5. The number of benzene rings is 1. The van der Waals surface area contributed by atoms with Gasteiger partial charge in [-0.1, -0.05) is 18.2 Å². The Bertz CT molecular complexity index is 894. The third-order valence-electron chi connectivity index (χ3n) is 5.46. The van der Waals surface area contributed by atoms with Crippen LogP contribution < -0.4 is 5.32 Å². The van der Waals surface area contributed by atoms with Crippen LogP contribution in [0.3, 0.4) is 0 Å². The standard InChI is InChI=1S/C22H29N3O5/c1-2-30-22(29)19(11-10-15-13-23-17-8-4-3-7-16(15)17)24-18-9-5-6-12-25(21(18)28)14-20(26)27/h3-4,7-8,13,18-19,23-24H,2,5-6,9-12,14H2,1H3,(H,26,27)/t18-,19?/m0/s1. The first kappa shape index (κ1) is 21.8. The average Bonchev–Trinajstić information content (AvgIpc) is 3.06. The monoisotopic (exact) mass is 415 g/mol. The number of ether oxygens (including phenoxy) is 1. The van der Waals surface area contributed by atoms with E-state index in [1.165, 1.54) is 4.90 Å². The minimum absolute atomic E-state index is 0.258. The number of aryl methyl sites for hydroxylation is 1. The van der Waals surface area contributed by atoms with Gasteiger partial charge >= 0.3 is 11.9 Å². The van der Waals surface area contributed by atoms with Gasteiger partial charge in [0.05, 0.1) is 12.6 Å². The molecule has 0 radical (unpaired) electrons. The molecule has 3 rings (SSSR count). The zero-order chi connectivity index (χ0) is 21.5. The minimum Gasteiger partial charge on any atom is -0.480 e. The molecule has 1 saturated heterocycles.